The summed E-state index contributed by atoms with van der Waals surface area (Å²) < 4.78 is 10.9. The number of ether oxygens (including phenoxy) is 1. The van der Waals surface area contributed by atoms with Crippen LogP contribution in [0.5, 0.6) is 0 Å². The van der Waals surface area contributed by atoms with Crippen LogP contribution in [-0.2, 0) is 11.3 Å². The van der Waals surface area contributed by atoms with Gasteiger partial charge < -0.3 is 19.5 Å². The van der Waals surface area contributed by atoms with Crippen LogP contribution in [0.2, 0.25) is 0 Å². The summed E-state index contributed by atoms with van der Waals surface area (Å²) in [5.74, 6) is 1.34. The molecule has 0 bridgehead atoms. The minimum atomic E-state index is -0.106. The van der Waals surface area contributed by atoms with Gasteiger partial charge >= 0.3 is 0 Å². The summed E-state index contributed by atoms with van der Waals surface area (Å²) in [5, 5.41) is 7.53. The van der Waals surface area contributed by atoms with Crippen molar-refractivity contribution in [1.29, 1.82) is 0 Å². The summed E-state index contributed by atoms with van der Waals surface area (Å²) in [5.41, 5.74) is 0.443. The monoisotopic (exact) mass is 337 g/mol. The largest absolute Gasteiger partial charge is 0.371 e. The first-order chi connectivity index (χ1) is 11.6. The molecule has 0 aromatic carbocycles. The summed E-state index contributed by atoms with van der Waals surface area (Å²) in [7, 11) is 0. The Morgan fingerprint density at radius 2 is 2.04 bits per heavy atom. The molecule has 2 atom stereocenters. The van der Waals surface area contributed by atoms with Crippen molar-refractivity contribution in [3.63, 3.8) is 0 Å². The van der Waals surface area contributed by atoms with Crippen molar-refractivity contribution in [2.75, 3.05) is 52.4 Å². The molecule has 7 heteroatoms. The van der Waals surface area contributed by atoms with Gasteiger partial charge in [0.05, 0.1) is 6.54 Å². The Balaban J connectivity index is 1.44. The van der Waals surface area contributed by atoms with Crippen molar-refractivity contribution in [2.24, 2.45) is 5.41 Å². The lowest BCUT2D eigenvalue weighted by molar-refractivity contribution is 0.0683. The lowest BCUT2D eigenvalue weighted by Gasteiger charge is -2.38. The molecule has 0 spiro atoms. The fourth-order valence-electron chi connectivity index (χ4n) is 3.66. The first-order valence-electron chi connectivity index (χ1n) is 9.17. The molecule has 2 saturated heterocycles. The number of hydrogen-bond acceptors (Lipinski definition) is 7. The molecule has 0 aliphatic carbocycles. The van der Waals surface area contributed by atoms with Crippen LogP contribution in [0.15, 0.2) is 4.52 Å². The second kappa shape index (κ2) is 7.91. The zero-order valence-corrected chi connectivity index (χ0v) is 15.3. The maximum absolute atomic E-state index is 5.51. The van der Waals surface area contributed by atoms with E-state index in [1.165, 1.54) is 13.0 Å². The van der Waals surface area contributed by atoms with E-state index >= 15 is 0 Å². The van der Waals surface area contributed by atoms with E-state index in [4.69, 9.17) is 9.26 Å². The van der Waals surface area contributed by atoms with Crippen LogP contribution in [0.1, 0.15) is 45.0 Å². The summed E-state index contributed by atoms with van der Waals surface area (Å²) in [6.07, 6.45) is 1.18. The third-order valence-electron chi connectivity index (χ3n) is 5.15. The molecule has 24 heavy (non-hydrogen) atoms. The molecule has 2 aliphatic heterocycles. The summed E-state index contributed by atoms with van der Waals surface area (Å²) in [4.78, 5) is 9.46. The maximum Gasteiger partial charge on any atom is 0.240 e. The molecule has 0 saturated carbocycles. The second-order valence-electron chi connectivity index (χ2n) is 7.43. The maximum atomic E-state index is 5.51. The molecular weight excluding hydrogens is 306 g/mol. The highest BCUT2D eigenvalue weighted by Gasteiger charge is 2.32. The average molecular weight is 337 g/mol. The third kappa shape index (κ3) is 4.53. The Bertz CT molecular complexity index is 507. The van der Waals surface area contributed by atoms with Gasteiger partial charge in [-0.05, 0) is 32.2 Å². The van der Waals surface area contributed by atoms with E-state index in [0.717, 1.165) is 45.8 Å². The molecule has 1 N–H and O–H groups in total. The van der Waals surface area contributed by atoms with Crippen molar-refractivity contribution in [3.8, 4) is 0 Å². The van der Waals surface area contributed by atoms with Crippen molar-refractivity contribution in [3.05, 3.63) is 11.7 Å². The van der Waals surface area contributed by atoms with Crippen LogP contribution >= 0.6 is 0 Å². The van der Waals surface area contributed by atoms with Gasteiger partial charge in [-0.25, -0.2) is 0 Å². The second-order valence-corrected chi connectivity index (χ2v) is 7.43. The fraction of sp³-hybridized carbons (Fsp3) is 0.882. The third-order valence-corrected chi connectivity index (χ3v) is 5.15. The van der Waals surface area contributed by atoms with Crippen LogP contribution in [-0.4, -0.2) is 72.4 Å². The van der Waals surface area contributed by atoms with E-state index in [0.29, 0.717) is 23.7 Å². The number of aromatic nitrogens is 2. The van der Waals surface area contributed by atoms with Crippen molar-refractivity contribution < 1.29 is 9.26 Å². The summed E-state index contributed by atoms with van der Waals surface area (Å²) in [6, 6.07) is 0. The standard InChI is InChI=1S/C17H31N5O2/c1-4-23-14(2)16-19-15(24-20-16)11-21-7-9-22(10-8-21)13-17(3)5-6-18-12-17/h14,18H,4-13H2,1-3H3. The average Bonchev–Trinajstić information content (AvgIpc) is 3.19. The Morgan fingerprint density at radius 3 is 2.71 bits per heavy atom. The Morgan fingerprint density at radius 1 is 1.29 bits per heavy atom. The summed E-state index contributed by atoms with van der Waals surface area (Å²) >= 11 is 0. The van der Waals surface area contributed by atoms with Gasteiger partial charge in [-0.1, -0.05) is 12.1 Å². The highest BCUT2D eigenvalue weighted by molar-refractivity contribution is 4.91. The minimum Gasteiger partial charge on any atom is -0.371 e. The topological polar surface area (TPSA) is 66.7 Å². The van der Waals surface area contributed by atoms with Gasteiger partial charge in [-0.2, -0.15) is 4.98 Å². The molecule has 3 heterocycles. The normalized spacial score (nSPS) is 27.6. The van der Waals surface area contributed by atoms with Crippen molar-refractivity contribution in [1.82, 2.24) is 25.3 Å². The van der Waals surface area contributed by atoms with Crippen molar-refractivity contribution >= 4 is 0 Å². The lowest BCUT2D eigenvalue weighted by atomic mass is 9.89. The lowest BCUT2D eigenvalue weighted by Crippen LogP contribution is -2.49. The first-order valence-corrected chi connectivity index (χ1v) is 9.17. The predicted octanol–water partition coefficient (Wildman–Crippen LogP) is 1.28. The van der Waals surface area contributed by atoms with E-state index in [9.17, 15) is 0 Å². The number of rotatable bonds is 7. The van der Waals surface area contributed by atoms with E-state index in [-0.39, 0.29) is 6.10 Å². The molecule has 2 fully saturated rings. The van der Waals surface area contributed by atoms with Gasteiger partial charge in [-0.15, -0.1) is 0 Å². The SMILES string of the molecule is CCOC(C)c1noc(CN2CCN(CC3(C)CCNC3)CC2)n1. The van der Waals surface area contributed by atoms with E-state index in [1.54, 1.807) is 0 Å². The number of piperazine rings is 1. The van der Waals surface area contributed by atoms with Gasteiger partial charge in [0.25, 0.3) is 0 Å². The van der Waals surface area contributed by atoms with Gasteiger partial charge in [-0.3, -0.25) is 4.90 Å². The molecule has 1 aromatic heterocycles. The van der Waals surface area contributed by atoms with Crippen LogP contribution in [0.25, 0.3) is 0 Å². The Kier molecular flexibility index (Phi) is 5.86. The molecule has 1 aromatic rings. The Hall–Kier alpha value is -1.02. The van der Waals surface area contributed by atoms with E-state index in [2.05, 4.69) is 32.2 Å². The predicted molar refractivity (Wildman–Crippen MR) is 91.6 cm³/mol. The zero-order valence-electron chi connectivity index (χ0n) is 15.3. The van der Waals surface area contributed by atoms with Crippen LogP contribution in [0.4, 0.5) is 0 Å². The molecule has 0 amide bonds. The van der Waals surface area contributed by atoms with Gasteiger partial charge in [0.2, 0.25) is 5.89 Å². The van der Waals surface area contributed by atoms with Crippen LogP contribution < -0.4 is 5.32 Å². The summed E-state index contributed by atoms with van der Waals surface area (Å²) in [6.45, 7) is 15.6. The highest BCUT2D eigenvalue weighted by atomic mass is 16.5. The highest BCUT2D eigenvalue weighted by Crippen LogP contribution is 2.26. The fourth-order valence-corrected chi connectivity index (χ4v) is 3.66. The molecule has 3 rings (SSSR count). The van der Waals surface area contributed by atoms with Crippen molar-refractivity contribution in [2.45, 2.75) is 39.8 Å². The Labute approximate surface area is 144 Å². The number of hydrogen-bond donors (Lipinski definition) is 1. The quantitative estimate of drug-likeness (QED) is 0.804. The number of nitrogens with zero attached hydrogens (tertiary/aromatic N) is 4. The molecular formula is C17H31N5O2. The van der Waals surface area contributed by atoms with Crippen LogP contribution in [0.3, 0.4) is 0 Å². The van der Waals surface area contributed by atoms with E-state index < -0.39 is 0 Å². The van der Waals surface area contributed by atoms with Crippen LogP contribution in [0, 0.1) is 5.41 Å². The molecule has 2 aliphatic rings. The molecule has 7 nitrogen and oxygen atoms in total. The minimum absolute atomic E-state index is 0.106. The van der Waals surface area contributed by atoms with E-state index in [1.807, 2.05) is 13.8 Å². The first kappa shape index (κ1) is 17.8. The molecule has 136 valence electrons. The smallest absolute Gasteiger partial charge is 0.240 e. The molecule has 2 unspecified atom stereocenters. The van der Waals surface area contributed by atoms with Gasteiger partial charge in [0.1, 0.15) is 6.10 Å². The van der Waals surface area contributed by atoms with Gasteiger partial charge in [0, 0.05) is 45.9 Å². The number of nitrogens with one attached hydrogen (secondary N) is 1. The van der Waals surface area contributed by atoms with Gasteiger partial charge in [0.15, 0.2) is 5.82 Å². The zero-order chi connectivity index (χ0) is 17.0. The molecule has 0 radical (unpaired) electrons.